The van der Waals surface area contributed by atoms with Crippen LogP contribution < -0.4 is 9.47 Å². The lowest BCUT2D eigenvalue weighted by molar-refractivity contribution is -0.137. The minimum Gasteiger partial charge on any atom is -0.497 e. The number of benzene rings is 2. The molecule has 1 fully saturated rings. The molecule has 172 valence electrons. The molecule has 0 radical (unpaired) electrons. The molecule has 8 nitrogen and oxygen atoms in total. The molecule has 0 aliphatic carbocycles. The molecule has 33 heavy (non-hydrogen) atoms. The largest absolute Gasteiger partial charge is 0.497 e. The van der Waals surface area contributed by atoms with E-state index in [0.29, 0.717) is 37.0 Å². The highest BCUT2D eigenvalue weighted by molar-refractivity contribution is 5.82. The SMILES string of the molecule is COc1ccc(OCc2noc(CN3Cc4ccccc4CC3C(=O)N3CCCC3)n2)cc1. The summed E-state index contributed by atoms with van der Waals surface area (Å²) in [4.78, 5) is 22.0. The van der Waals surface area contributed by atoms with Crippen LogP contribution in [-0.2, 0) is 30.9 Å². The standard InChI is InChI=1S/C25H28N4O4/c1-31-20-8-10-21(11-9-20)32-17-23-26-24(33-27-23)16-29-15-19-7-3-2-6-18(19)14-22(29)25(30)28-12-4-5-13-28/h2-3,6-11,22H,4-5,12-17H2,1H3. The number of rotatable bonds is 7. The smallest absolute Gasteiger partial charge is 0.240 e. The molecule has 5 rings (SSSR count). The van der Waals surface area contributed by atoms with Crippen molar-refractivity contribution in [2.75, 3.05) is 20.2 Å². The van der Waals surface area contributed by atoms with Gasteiger partial charge in [0.05, 0.1) is 19.7 Å². The summed E-state index contributed by atoms with van der Waals surface area (Å²) in [5.41, 5.74) is 2.48. The van der Waals surface area contributed by atoms with Crippen LogP contribution in [0.25, 0.3) is 0 Å². The summed E-state index contributed by atoms with van der Waals surface area (Å²) in [5, 5.41) is 4.06. The average Bonchev–Trinajstić information content (AvgIpc) is 3.55. The zero-order valence-corrected chi connectivity index (χ0v) is 18.8. The number of hydrogen-bond donors (Lipinski definition) is 0. The molecular weight excluding hydrogens is 420 g/mol. The van der Waals surface area contributed by atoms with Crippen molar-refractivity contribution in [3.8, 4) is 11.5 Å². The van der Waals surface area contributed by atoms with Gasteiger partial charge in [0.2, 0.25) is 17.6 Å². The van der Waals surface area contributed by atoms with Gasteiger partial charge in [-0.2, -0.15) is 4.98 Å². The Balaban J connectivity index is 1.27. The first kappa shape index (κ1) is 21.5. The van der Waals surface area contributed by atoms with E-state index in [2.05, 4.69) is 27.2 Å². The Kier molecular flexibility index (Phi) is 6.26. The molecule has 2 aromatic carbocycles. The van der Waals surface area contributed by atoms with Gasteiger partial charge in [-0.05, 0) is 54.7 Å². The van der Waals surface area contributed by atoms with Gasteiger partial charge in [-0.15, -0.1) is 0 Å². The number of ether oxygens (including phenoxy) is 2. The maximum Gasteiger partial charge on any atom is 0.240 e. The summed E-state index contributed by atoms with van der Waals surface area (Å²) in [7, 11) is 1.63. The summed E-state index contributed by atoms with van der Waals surface area (Å²) in [6.45, 7) is 3.00. The molecule has 0 N–H and O–H groups in total. The zero-order chi connectivity index (χ0) is 22.6. The third-order valence-corrected chi connectivity index (χ3v) is 6.32. The van der Waals surface area contributed by atoms with Gasteiger partial charge in [0.25, 0.3) is 0 Å². The minimum atomic E-state index is -0.219. The van der Waals surface area contributed by atoms with E-state index in [1.807, 2.05) is 41.3 Å². The third kappa shape index (κ3) is 4.85. The van der Waals surface area contributed by atoms with Gasteiger partial charge in [-0.3, -0.25) is 9.69 Å². The first-order valence-corrected chi connectivity index (χ1v) is 11.4. The normalized spacial score (nSPS) is 18.2. The van der Waals surface area contributed by atoms with Crippen molar-refractivity contribution >= 4 is 5.91 Å². The molecule has 1 saturated heterocycles. The van der Waals surface area contributed by atoms with Gasteiger partial charge in [-0.1, -0.05) is 29.4 Å². The summed E-state index contributed by atoms with van der Waals surface area (Å²) in [6, 6.07) is 15.5. The van der Waals surface area contributed by atoms with Gasteiger partial charge in [0.1, 0.15) is 11.5 Å². The highest BCUT2D eigenvalue weighted by Gasteiger charge is 2.35. The zero-order valence-electron chi connectivity index (χ0n) is 18.8. The molecule has 0 saturated carbocycles. The highest BCUT2D eigenvalue weighted by atomic mass is 16.5. The third-order valence-electron chi connectivity index (χ3n) is 6.32. The quantitative estimate of drug-likeness (QED) is 0.549. The fourth-order valence-electron chi connectivity index (χ4n) is 4.54. The average molecular weight is 449 g/mol. The van der Waals surface area contributed by atoms with Crippen LogP contribution in [0.2, 0.25) is 0 Å². The fourth-order valence-corrected chi connectivity index (χ4v) is 4.54. The second-order valence-corrected chi connectivity index (χ2v) is 8.49. The number of carbonyl (C=O) groups excluding carboxylic acids is 1. The predicted octanol–water partition coefficient (Wildman–Crippen LogP) is 3.21. The summed E-state index contributed by atoms with van der Waals surface area (Å²) >= 11 is 0. The van der Waals surface area contributed by atoms with Crippen molar-refractivity contribution in [1.29, 1.82) is 0 Å². The first-order valence-electron chi connectivity index (χ1n) is 11.4. The predicted molar refractivity (Wildman–Crippen MR) is 121 cm³/mol. The Labute approximate surface area is 193 Å². The number of nitrogens with zero attached hydrogens (tertiary/aromatic N) is 4. The second-order valence-electron chi connectivity index (χ2n) is 8.49. The second kappa shape index (κ2) is 9.62. The van der Waals surface area contributed by atoms with E-state index in [1.165, 1.54) is 11.1 Å². The molecule has 2 aliphatic heterocycles. The van der Waals surface area contributed by atoms with E-state index in [0.717, 1.165) is 31.7 Å². The minimum absolute atomic E-state index is 0.199. The number of likely N-dealkylation sites (tertiary alicyclic amines) is 1. The van der Waals surface area contributed by atoms with Crippen LogP contribution in [0.1, 0.15) is 35.7 Å². The van der Waals surface area contributed by atoms with Crippen LogP contribution in [0.4, 0.5) is 0 Å². The van der Waals surface area contributed by atoms with Crippen LogP contribution in [0.15, 0.2) is 53.1 Å². The van der Waals surface area contributed by atoms with Gasteiger partial charge in [0.15, 0.2) is 6.61 Å². The van der Waals surface area contributed by atoms with E-state index < -0.39 is 0 Å². The fraction of sp³-hybridized carbons (Fsp3) is 0.400. The van der Waals surface area contributed by atoms with Crippen molar-refractivity contribution < 1.29 is 18.8 Å². The van der Waals surface area contributed by atoms with Gasteiger partial charge < -0.3 is 18.9 Å². The van der Waals surface area contributed by atoms with Crippen molar-refractivity contribution in [2.45, 2.75) is 45.0 Å². The number of fused-ring (bicyclic) bond motifs is 1. The van der Waals surface area contributed by atoms with Crippen LogP contribution in [-0.4, -0.2) is 52.1 Å². The van der Waals surface area contributed by atoms with Crippen LogP contribution >= 0.6 is 0 Å². The molecule has 0 bridgehead atoms. The molecule has 2 aliphatic rings. The van der Waals surface area contributed by atoms with E-state index in [4.69, 9.17) is 14.0 Å². The maximum atomic E-state index is 13.3. The number of aromatic nitrogens is 2. The van der Waals surface area contributed by atoms with Crippen molar-refractivity contribution in [3.63, 3.8) is 0 Å². The molecule has 1 amide bonds. The lowest BCUT2D eigenvalue weighted by Crippen LogP contribution is -2.50. The number of amides is 1. The van der Waals surface area contributed by atoms with Crippen LogP contribution in [0, 0.1) is 0 Å². The Hall–Kier alpha value is -3.39. The molecule has 8 heteroatoms. The highest BCUT2D eigenvalue weighted by Crippen LogP contribution is 2.27. The van der Waals surface area contributed by atoms with Gasteiger partial charge in [-0.25, -0.2) is 0 Å². The van der Waals surface area contributed by atoms with E-state index in [9.17, 15) is 4.79 Å². The topological polar surface area (TPSA) is 80.9 Å². The molecule has 1 unspecified atom stereocenters. The number of carbonyl (C=O) groups is 1. The molecule has 3 aromatic rings. The maximum absolute atomic E-state index is 13.3. The van der Waals surface area contributed by atoms with Crippen molar-refractivity contribution in [2.24, 2.45) is 0 Å². The van der Waals surface area contributed by atoms with Gasteiger partial charge in [0, 0.05) is 19.6 Å². The lowest BCUT2D eigenvalue weighted by Gasteiger charge is -2.37. The number of hydrogen-bond acceptors (Lipinski definition) is 7. The summed E-state index contributed by atoms with van der Waals surface area (Å²) in [6.07, 6.45) is 2.86. The van der Waals surface area contributed by atoms with E-state index in [-0.39, 0.29) is 18.6 Å². The molecule has 1 aromatic heterocycles. The van der Waals surface area contributed by atoms with E-state index in [1.54, 1.807) is 7.11 Å². The summed E-state index contributed by atoms with van der Waals surface area (Å²) in [5.74, 6) is 2.63. The van der Waals surface area contributed by atoms with Crippen molar-refractivity contribution in [3.05, 3.63) is 71.4 Å². The first-order chi connectivity index (χ1) is 16.2. The summed E-state index contributed by atoms with van der Waals surface area (Å²) < 4.78 is 16.4. The van der Waals surface area contributed by atoms with Crippen molar-refractivity contribution in [1.82, 2.24) is 19.9 Å². The Bertz CT molecular complexity index is 1090. The molecular formula is C25H28N4O4. The van der Waals surface area contributed by atoms with Crippen LogP contribution in [0.3, 0.4) is 0 Å². The Morgan fingerprint density at radius 2 is 1.79 bits per heavy atom. The molecule has 0 spiro atoms. The van der Waals surface area contributed by atoms with Crippen LogP contribution in [0.5, 0.6) is 11.5 Å². The van der Waals surface area contributed by atoms with E-state index >= 15 is 0 Å². The molecule has 3 heterocycles. The lowest BCUT2D eigenvalue weighted by atomic mass is 9.93. The van der Waals surface area contributed by atoms with Gasteiger partial charge >= 0.3 is 0 Å². The molecule has 1 atom stereocenters. The number of methoxy groups -OCH3 is 1. The monoisotopic (exact) mass is 448 g/mol. The Morgan fingerprint density at radius 3 is 2.55 bits per heavy atom. The Morgan fingerprint density at radius 1 is 1.06 bits per heavy atom.